The monoisotopic (exact) mass is 313 g/mol. The van der Waals surface area contributed by atoms with E-state index in [9.17, 15) is 13.2 Å². The molecule has 0 saturated heterocycles. The largest absolute Gasteiger partial charge is 0.398 e. The number of hydrogen-bond donors (Lipinski definition) is 2. The van der Waals surface area contributed by atoms with Gasteiger partial charge in [0, 0.05) is 26.1 Å². The summed E-state index contributed by atoms with van der Waals surface area (Å²) in [6.07, 6.45) is 0.132. The van der Waals surface area contributed by atoms with Crippen LogP contribution in [0.5, 0.6) is 0 Å². The van der Waals surface area contributed by atoms with E-state index in [0.717, 1.165) is 5.56 Å². The summed E-state index contributed by atoms with van der Waals surface area (Å²) in [5.41, 5.74) is 6.83. The number of aryl methyl sites for hydroxylation is 1. The van der Waals surface area contributed by atoms with Gasteiger partial charge in [-0.15, -0.1) is 0 Å². The van der Waals surface area contributed by atoms with Crippen molar-refractivity contribution in [3.05, 3.63) is 23.8 Å². The van der Waals surface area contributed by atoms with Gasteiger partial charge >= 0.3 is 0 Å². The molecule has 0 spiro atoms. The molecule has 1 aromatic carbocycles. The van der Waals surface area contributed by atoms with Crippen LogP contribution >= 0.6 is 0 Å². The van der Waals surface area contributed by atoms with E-state index >= 15 is 0 Å². The summed E-state index contributed by atoms with van der Waals surface area (Å²) in [6.45, 7) is 6.91. The van der Waals surface area contributed by atoms with Crippen molar-refractivity contribution in [1.29, 1.82) is 0 Å². The third-order valence-corrected chi connectivity index (χ3v) is 4.74. The van der Waals surface area contributed by atoms with Gasteiger partial charge in [0.25, 0.3) is 0 Å². The van der Waals surface area contributed by atoms with E-state index in [1.807, 2.05) is 20.8 Å². The molecule has 118 valence electrons. The van der Waals surface area contributed by atoms with Gasteiger partial charge in [-0.25, -0.2) is 13.1 Å². The minimum Gasteiger partial charge on any atom is -0.398 e. The highest BCUT2D eigenvalue weighted by atomic mass is 32.2. The Balaban J connectivity index is 2.68. The maximum Gasteiger partial charge on any atom is 0.242 e. The lowest BCUT2D eigenvalue weighted by Crippen LogP contribution is -2.34. The number of amides is 1. The first-order valence-corrected chi connectivity index (χ1v) is 8.43. The molecule has 0 unspecified atom stereocenters. The highest BCUT2D eigenvalue weighted by molar-refractivity contribution is 7.89. The molecule has 3 N–H and O–H groups in total. The third kappa shape index (κ3) is 4.71. The van der Waals surface area contributed by atoms with Gasteiger partial charge in [-0.2, -0.15) is 0 Å². The zero-order chi connectivity index (χ0) is 16.0. The molecule has 1 aromatic rings. The molecule has 6 nitrogen and oxygen atoms in total. The van der Waals surface area contributed by atoms with Crippen LogP contribution < -0.4 is 10.5 Å². The van der Waals surface area contributed by atoms with Crippen LogP contribution in [0, 0.1) is 6.92 Å². The molecule has 0 saturated carbocycles. The fourth-order valence-electron chi connectivity index (χ4n) is 2.02. The summed E-state index contributed by atoms with van der Waals surface area (Å²) in [5.74, 6) is -0.0698. The molecule has 1 rings (SSSR count). The van der Waals surface area contributed by atoms with Gasteiger partial charge in [0.1, 0.15) is 4.90 Å². The fraction of sp³-hybridized carbons (Fsp3) is 0.500. The van der Waals surface area contributed by atoms with Gasteiger partial charge in [0.2, 0.25) is 15.9 Å². The predicted molar refractivity (Wildman–Crippen MR) is 83.3 cm³/mol. The van der Waals surface area contributed by atoms with E-state index in [4.69, 9.17) is 5.73 Å². The number of hydrogen-bond acceptors (Lipinski definition) is 4. The second kappa shape index (κ2) is 7.42. The molecule has 0 atom stereocenters. The van der Waals surface area contributed by atoms with Crippen molar-refractivity contribution in [2.75, 3.05) is 25.4 Å². The quantitative estimate of drug-likeness (QED) is 0.738. The van der Waals surface area contributed by atoms with Crippen molar-refractivity contribution in [3.63, 3.8) is 0 Å². The van der Waals surface area contributed by atoms with Crippen LogP contribution in [-0.2, 0) is 14.8 Å². The van der Waals surface area contributed by atoms with Crippen molar-refractivity contribution in [2.24, 2.45) is 0 Å². The molecule has 0 aliphatic heterocycles. The van der Waals surface area contributed by atoms with E-state index in [1.54, 1.807) is 17.0 Å². The summed E-state index contributed by atoms with van der Waals surface area (Å²) in [5, 5.41) is 0. The summed E-state index contributed by atoms with van der Waals surface area (Å²) in [7, 11) is -3.69. The topological polar surface area (TPSA) is 92.5 Å². The number of carbonyl (C=O) groups is 1. The van der Waals surface area contributed by atoms with Crippen LogP contribution in [0.4, 0.5) is 5.69 Å². The Morgan fingerprint density at radius 2 is 1.90 bits per heavy atom. The Morgan fingerprint density at radius 1 is 1.29 bits per heavy atom. The fourth-order valence-corrected chi connectivity index (χ4v) is 3.16. The maximum atomic E-state index is 12.1. The Bertz CT molecular complexity index is 595. The van der Waals surface area contributed by atoms with Crippen LogP contribution in [0.1, 0.15) is 25.8 Å². The standard InChI is InChI=1S/C14H23N3O3S/c1-4-17(5-2)14(18)8-9-16-21(19,20)13-7-6-11(3)10-12(13)15/h6-7,10,16H,4-5,8-9,15H2,1-3H3. The average Bonchev–Trinajstić information content (AvgIpc) is 2.39. The predicted octanol–water partition coefficient (Wildman–Crippen LogP) is 1.11. The van der Waals surface area contributed by atoms with Crippen molar-refractivity contribution in [2.45, 2.75) is 32.1 Å². The highest BCUT2D eigenvalue weighted by Crippen LogP contribution is 2.19. The molecule has 0 heterocycles. The van der Waals surface area contributed by atoms with Crippen molar-refractivity contribution in [1.82, 2.24) is 9.62 Å². The van der Waals surface area contributed by atoms with Crippen molar-refractivity contribution in [3.8, 4) is 0 Å². The number of nitrogens with two attached hydrogens (primary N) is 1. The average molecular weight is 313 g/mol. The van der Waals surface area contributed by atoms with Crippen LogP contribution in [0.15, 0.2) is 23.1 Å². The number of carbonyl (C=O) groups excluding carboxylic acids is 1. The molecule has 0 fully saturated rings. The Labute approximate surface area is 126 Å². The molecular formula is C14H23N3O3S. The van der Waals surface area contributed by atoms with Gasteiger partial charge in [-0.3, -0.25) is 4.79 Å². The van der Waals surface area contributed by atoms with Crippen LogP contribution in [0.25, 0.3) is 0 Å². The summed E-state index contributed by atoms with van der Waals surface area (Å²) in [6, 6.07) is 4.76. The number of nitrogen functional groups attached to an aromatic ring is 1. The number of sulfonamides is 1. The lowest BCUT2D eigenvalue weighted by Gasteiger charge is -2.18. The van der Waals surface area contributed by atoms with Crippen molar-refractivity contribution < 1.29 is 13.2 Å². The first kappa shape index (κ1) is 17.5. The Morgan fingerprint density at radius 3 is 2.43 bits per heavy atom. The van der Waals surface area contributed by atoms with Crippen LogP contribution in [0.3, 0.4) is 0 Å². The van der Waals surface area contributed by atoms with Gasteiger partial charge < -0.3 is 10.6 Å². The smallest absolute Gasteiger partial charge is 0.242 e. The molecule has 1 amide bonds. The van der Waals surface area contributed by atoms with E-state index in [2.05, 4.69) is 4.72 Å². The lowest BCUT2D eigenvalue weighted by atomic mass is 10.2. The second-order valence-corrected chi connectivity index (χ2v) is 6.49. The summed E-state index contributed by atoms with van der Waals surface area (Å²) >= 11 is 0. The molecule has 0 bridgehead atoms. The molecule has 0 aromatic heterocycles. The Kier molecular flexibility index (Phi) is 6.17. The first-order valence-electron chi connectivity index (χ1n) is 6.95. The number of anilines is 1. The molecule has 0 radical (unpaired) electrons. The van der Waals surface area contributed by atoms with Gasteiger partial charge in [-0.05, 0) is 38.5 Å². The molecular weight excluding hydrogens is 290 g/mol. The first-order chi connectivity index (χ1) is 9.81. The maximum absolute atomic E-state index is 12.1. The Hall–Kier alpha value is -1.60. The zero-order valence-corrected chi connectivity index (χ0v) is 13.5. The molecule has 0 aliphatic rings. The van der Waals surface area contributed by atoms with Gasteiger partial charge in [-0.1, -0.05) is 6.07 Å². The van der Waals surface area contributed by atoms with E-state index in [0.29, 0.717) is 13.1 Å². The second-order valence-electron chi connectivity index (χ2n) is 4.76. The van der Waals surface area contributed by atoms with E-state index < -0.39 is 10.0 Å². The number of rotatable bonds is 7. The van der Waals surface area contributed by atoms with E-state index in [1.165, 1.54) is 6.07 Å². The SMILES string of the molecule is CCN(CC)C(=O)CCNS(=O)(=O)c1ccc(C)cc1N. The van der Waals surface area contributed by atoms with Gasteiger partial charge in [0.15, 0.2) is 0 Å². The van der Waals surface area contributed by atoms with Gasteiger partial charge in [0.05, 0.1) is 5.69 Å². The van der Waals surface area contributed by atoms with Crippen LogP contribution in [0.2, 0.25) is 0 Å². The number of nitrogens with zero attached hydrogens (tertiary/aromatic N) is 1. The van der Waals surface area contributed by atoms with E-state index in [-0.39, 0.29) is 29.5 Å². The summed E-state index contributed by atoms with van der Waals surface area (Å²) in [4.78, 5) is 13.5. The lowest BCUT2D eigenvalue weighted by molar-refractivity contribution is -0.130. The zero-order valence-electron chi connectivity index (χ0n) is 12.7. The third-order valence-electron chi connectivity index (χ3n) is 3.20. The highest BCUT2D eigenvalue weighted by Gasteiger charge is 2.18. The van der Waals surface area contributed by atoms with Crippen molar-refractivity contribution >= 4 is 21.6 Å². The number of nitrogens with one attached hydrogen (secondary N) is 1. The normalized spacial score (nSPS) is 11.4. The minimum absolute atomic E-state index is 0.0448. The van der Waals surface area contributed by atoms with Crippen LogP contribution in [-0.4, -0.2) is 38.9 Å². The summed E-state index contributed by atoms with van der Waals surface area (Å²) < 4.78 is 26.7. The minimum atomic E-state index is -3.69. The molecule has 21 heavy (non-hydrogen) atoms. The molecule has 0 aliphatic carbocycles. The molecule has 7 heteroatoms. The number of benzene rings is 1.